The Morgan fingerprint density at radius 2 is 2.21 bits per heavy atom. The van der Waals surface area contributed by atoms with Crippen molar-refractivity contribution in [1.29, 1.82) is 0 Å². The minimum Gasteiger partial charge on any atom is -0.467 e. The second-order valence-electron chi connectivity index (χ2n) is 5.98. The van der Waals surface area contributed by atoms with E-state index in [1.54, 1.807) is 10.9 Å². The molecule has 0 fully saturated rings. The van der Waals surface area contributed by atoms with Crippen molar-refractivity contribution >= 4 is 5.91 Å². The van der Waals surface area contributed by atoms with Gasteiger partial charge in [-0.2, -0.15) is 5.10 Å². The van der Waals surface area contributed by atoms with Gasteiger partial charge < -0.3 is 14.3 Å². The van der Waals surface area contributed by atoms with Crippen LogP contribution in [-0.2, 0) is 20.0 Å². The zero-order chi connectivity index (χ0) is 17.1. The van der Waals surface area contributed by atoms with E-state index in [0.717, 1.165) is 29.1 Å². The number of carbonyl (C=O) groups excluding carboxylic acids is 1. The van der Waals surface area contributed by atoms with Crippen LogP contribution in [0.2, 0.25) is 0 Å². The topological polar surface area (TPSA) is 65.0 Å². The average molecular weight is 326 g/mol. The van der Waals surface area contributed by atoms with Crippen molar-refractivity contribution < 1.29 is 9.21 Å². The third kappa shape index (κ3) is 3.42. The minimum atomic E-state index is -0.0438. The molecule has 0 unspecified atom stereocenters. The van der Waals surface area contributed by atoms with Crippen LogP contribution < -0.4 is 5.32 Å². The Balaban J connectivity index is 1.64. The summed E-state index contributed by atoms with van der Waals surface area (Å²) in [6.45, 7) is 5.19. The number of aryl methyl sites for hydroxylation is 2. The van der Waals surface area contributed by atoms with E-state index in [1.165, 1.54) is 0 Å². The van der Waals surface area contributed by atoms with Crippen molar-refractivity contribution in [2.45, 2.75) is 26.8 Å². The lowest BCUT2D eigenvalue weighted by atomic mass is 10.2. The van der Waals surface area contributed by atoms with Gasteiger partial charge in [0.25, 0.3) is 5.91 Å². The largest absolute Gasteiger partial charge is 0.467 e. The summed E-state index contributed by atoms with van der Waals surface area (Å²) in [7, 11) is 1.88. The molecule has 24 heavy (non-hydrogen) atoms. The minimum absolute atomic E-state index is 0.0438. The Bertz CT molecular complexity index is 827. The van der Waals surface area contributed by atoms with Gasteiger partial charge in [0.1, 0.15) is 5.76 Å². The summed E-state index contributed by atoms with van der Waals surface area (Å²) in [5.41, 5.74) is 3.82. The van der Waals surface area contributed by atoms with Gasteiger partial charge >= 0.3 is 0 Å². The van der Waals surface area contributed by atoms with Gasteiger partial charge in [-0.25, -0.2) is 0 Å². The van der Waals surface area contributed by atoms with E-state index in [-0.39, 0.29) is 5.91 Å². The number of rotatable bonds is 6. The van der Waals surface area contributed by atoms with E-state index in [1.807, 2.05) is 51.5 Å². The van der Waals surface area contributed by atoms with Gasteiger partial charge in [-0.3, -0.25) is 9.48 Å². The van der Waals surface area contributed by atoms with Crippen LogP contribution in [0.4, 0.5) is 0 Å². The second kappa shape index (κ2) is 6.78. The van der Waals surface area contributed by atoms with Crippen molar-refractivity contribution in [1.82, 2.24) is 19.7 Å². The van der Waals surface area contributed by atoms with E-state index >= 15 is 0 Å². The highest BCUT2D eigenvalue weighted by Crippen LogP contribution is 2.17. The van der Waals surface area contributed by atoms with Crippen LogP contribution >= 0.6 is 0 Å². The molecule has 6 nitrogen and oxygen atoms in total. The van der Waals surface area contributed by atoms with Crippen LogP contribution in [0.15, 0.2) is 41.3 Å². The highest BCUT2D eigenvalue weighted by molar-refractivity contribution is 5.95. The molecule has 0 bridgehead atoms. The molecule has 0 aromatic carbocycles. The van der Waals surface area contributed by atoms with Gasteiger partial charge in [-0.05, 0) is 44.0 Å². The molecule has 0 radical (unpaired) electrons. The lowest BCUT2D eigenvalue weighted by Crippen LogP contribution is -2.26. The average Bonchev–Trinajstić information content (AvgIpc) is 3.26. The zero-order valence-electron chi connectivity index (χ0n) is 14.2. The van der Waals surface area contributed by atoms with E-state index in [4.69, 9.17) is 4.42 Å². The third-order valence-electron chi connectivity index (χ3n) is 4.17. The van der Waals surface area contributed by atoms with Crippen molar-refractivity contribution in [3.8, 4) is 0 Å². The van der Waals surface area contributed by atoms with Gasteiger partial charge in [0, 0.05) is 31.2 Å². The standard InChI is InChI=1S/C18H22N4O2/c1-13-9-17(14(2)22(13)12-16-5-4-8-24-16)18(23)19-7-6-15-10-20-21(3)11-15/h4-5,8-11H,6-7,12H2,1-3H3,(H,19,23). The number of hydrogen-bond acceptors (Lipinski definition) is 3. The smallest absolute Gasteiger partial charge is 0.253 e. The molecule has 3 heterocycles. The van der Waals surface area contributed by atoms with Gasteiger partial charge in [-0.1, -0.05) is 0 Å². The molecule has 0 atom stereocenters. The molecular weight excluding hydrogens is 304 g/mol. The van der Waals surface area contributed by atoms with Crippen LogP contribution in [0.3, 0.4) is 0 Å². The zero-order valence-corrected chi connectivity index (χ0v) is 14.2. The first-order valence-corrected chi connectivity index (χ1v) is 7.99. The number of aromatic nitrogens is 3. The van der Waals surface area contributed by atoms with Crippen LogP contribution in [0.5, 0.6) is 0 Å². The van der Waals surface area contributed by atoms with E-state index < -0.39 is 0 Å². The quantitative estimate of drug-likeness (QED) is 0.757. The molecular formula is C18H22N4O2. The lowest BCUT2D eigenvalue weighted by molar-refractivity contribution is 0.0953. The fourth-order valence-electron chi connectivity index (χ4n) is 2.85. The monoisotopic (exact) mass is 326 g/mol. The van der Waals surface area contributed by atoms with Gasteiger partial charge in [-0.15, -0.1) is 0 Å². The van der Waals surface area contributed by atoms with Crippen molar-refractivity contribution in [2.75, 3.05) is 6.54 Å². The number of furan rings is 1. The molecule has 6 heteroatoms. The van der Waals surface area contributed by atoms with Crippen LogP contribution in [0, 0.1) is 13.8 Å². The Hall–Kier alpha value is -2.76. The molecule has 0 aliphatic heterocycles. The molecule has 0 aliphatic carbocycles. The van der Waals surface area contributed by atoms with Crippen LogP contribution in [0.1, 0.15) is 33.1 Å². The van der Waals surface area contributed by atoms with Crippen molar-refractivity contribution in [2.24, 2.45) is 7.05 Å². The van der Waals surface area contributed by atoms with Crippen molar-refractivity contribution in [3.63, 3.8) is 0 Å². The summed E-state index contributed by atoms with van der Waals surface area (Å²) < 4.78 is 9.26. The summed E-state index contributed by atoms with van der Waals surface area (Å²) in [6, 6.07) is 5.74. The number of hydrogen-bond donors (Lipinski definition) is 1. The number of amides is 1. The maximum Gasteiger partial charge on any atom is 0.253 e. The third-order valence-corrected chi connectivity index (χ3v) is 4.17. The summed E-state index contributed by atoms with van der Waals surface area (Å²) in [6.07, 6.45) is 6.21. The van der Waals surface area contributed by atoms with Gasteiger partial charge in [0.05, 0.1) is 24.6 Å². The van der Waals surface area contributed by atoms with Crippen LogP contribution in [0.25, 0.3) is 0 Å². The summed E-state index contributed by atoms with van der Waals surface area (Å²) in [4.78, 5) is 12.5. The highest BCUT2D eigenvalue weighted by Gasteiger charge is 2.16. The first-order valence-electron chi connectivity index (χ1n) is 7.99. The Morgan fingerprint density at radius 1 is 1.38 bits per heavy atom. The summed E-state index contributed by atoms with van der Waals surface area (Å²) >= 11 is 0. The van der Waals surface area contributed by atoms with Crippen molar-refractivity contribution in [3.05, 3.63) is 65.1 Å². The van der Waals surface area contributed by atoms with Gasteiger partial charge in [0.2, 0.25) is 0 Å². The maximum atomic E-state index is 12.5. The first kappa shape index (κ1) is 16.1. The number of nitrogens with one attached hydrogen (secondary N) is 1. The molecule has 0 aliphatic rings. The lowest BCUT2D eigenvalue weighted by Gasteiger charge is -2.08. The Kier molecular flexibility index (Phi) is 4.55. The normalized spacial score (nSPS) is 11.0. The molecule has 3 rings (SSSR count). The Morgan fingerprint density at radius 3 is 2.88 bits per heavy atom. The molecule has 126 valence electrons. The first-order chi connectivity index (χ1) is 11.5. The summed E-state index contributed by atoms with van der Waals surface area (Å²) in [5, 5.41) is 7.11. The fourth-order valence-corrected chi connectivity index (χ4v) is 2.85. The number of carbonyl (C=O) groups is 1. The fraction of sp³-hybridized carbons (Fsp3) is 0.333. The molecule has 3 aromatic heterocycles. The molecule has 1 N–H and O–H groups in total. The predicted molar refractivity (Wildman–Crippen MR) is 91.0 cm³/mol. The van der Waals surface area contributed by atoms with E-state index in [9.17, 15) is 4.79 Å². The summed E-state index contributed by atoms with van der Waals surface area (Å²) in [5.74, 6) is 0.832. The molecule has 3 aromatic rings. The SMILES string of the molecule is Cc1cc(C(=O)NCCc2cnn(C)c2)c(C)n1Cc1ccco1. The van der Waals surface area contributed by atoms with Gasteiger partial charge in [0.15, 0.2) is 0 Å². The predicted octanol–water partition coefficient (Wildman–Crippen LogP) is 2.45. The number of nitrogens with zero attached hydrogens (tertiary/aromatic N) is 3. The maximum absolute atomic E-state index is 12.5. The molecule has 0 saturated heterocycles. The van der Waals surface area contributed by atoms with Crippen LogP contribution in [-0.4, -0.2) is 26.8 Å². The molecule has 0 spiro atoms. The molecule has 0 saturated carbocycles. The highest BCUT2D eigenvalue weighted by atomic mass is 16.3. The Labute approximate surface area is 141 Å². The second-order valence-corrected chi connectivity index (χ2v) is 5.98. The van der Waals surface area contributed by atoms with E-state index in [0.29, 0.717) is 18.7 Å². The molecule has 1 amide bonds. The van der Waals surface area contributed by atoms with E-state index in [2.05, 4.69) is 15.0 Å².